The third-order valence-electron chi connectivity index (χ3n) is 2.48. The van der Waals surface area contributed by atoms with Gasteiger partial charge in [0, 0.05) is 11.8 Å². The third-order valence-corrected chi connectivity index (χ3v) is 2.48. The molecule has 3 N–H and O–H groups in total. The van der Waals surface area contributed by atoms with Gasteiger partial charge in [-0.05, 0) is 30.3 Å². The van der Waals surface area contributed by atoms with Gasteiger partial charge in [0.25, 0.3) is 0 Å². The second kappa shape index (κ2) is 5.88. The van der Waals surface area contributed by atoms with Gasteiger partial charge in [0.05, 0.1) is 7.11 Å². The van der Waals surface area contributed by atoms with E-state index in [-0.39, 0.29) is 0 Å². The number of nitrogens with zero attached hydrogens (tertiary/aromatic N) is 1. The largest absolute Gasteiger partial charge is 0.497 e. The number of nitrogens with two attached hydrogens (primary N) is 1. The van der Waals surface area contributed by atoms with Crippen LogP contribution >= 0.6 is 0 Å². The highest BCUT2D eigenvalue weighted by atomic mass is 16.5. The monoisotopic (exact) mass is 245 g/mol. The van der Waals surface area contributed by atoms with Crippen LogP contribution in [0, 0.1) is 0 Å². The summed E-state index contributed by atoms with van der Waals surface area (Å²) in [4.78, 5) is 4.10. The molecular weight excluding hydrogens is 230 g/mol. The maximum absolute atomic E-state index is 5.64. The average Bonchev–Trinajstić information content (AvgIpc) is 2.46. The summed E-state index contributed by atoms with van der Waals surface area (Å²) in [5.74, 6) is 7.56. The molecule has 0 saturated heterocycles. The Morgan fingerprint density at radius 2 is 1.89 bits per heavy atom. The van der Waals surface area contributed by atoms with E-state index < -0.39 is 0 Å². The van der Waals surface area contributed by atoms with Crippen LogP contribution in [0.3, 0.4) is 0 Å². The lowest BCUT2D eigenvalue weighted by atomic mass is 10.2. The predicted molar refractivity (Wildman–Crippen MR) is 69.4 cm³/mol. The number of hydrazine groups is 1. The molecule has 0 atom stereocenters. The summed E-state index contributed by atoms with van der Waals surface area (Å²) < 4.78 is 10.7. The number of anilines is 1. The van der Waals surface area contributed by atoms with Crippen molar-refractivity contribution in [2.75, 3.05) is 12.5 Å². The third kappa shape index (κ3) is 2.89. The van der Waals surface area contributed by atoms with Gasteiger partial charge in [0.2, 0.25) is 0 Å². The van der Waals surface area contributed by atoms with Gasteiger partial charge in [0.1, 0.15) is 23.9 Å². The zero-order valence-corrected chi connectivity index (χ0v) is 10.1. The Kier molecular flexibility index (Phi) is 3.98. The Balaban J connectivity index is 2.02. The fourth-order valence-electron chi connectivity index (χ4n) is 1.52. The molecule has 18 heavy (non-hydrogen) atoms. The summed E-state index contributed by atoms with van der Waals surface area (Å²) in [6, 6.07) is 11.1. The van der Waals surface area contributed by atoms with E-state index in [0.717, 1.165) is 17.1 Å². The van der Waals surface area contributed by atoms with Crippen LogP contribution in [0.5, 0.6) is 11.5 Å². The number of methoxy groups -OCH3 is 1. The predicted octanol–water partition coefficient (Wildman–Crippen LogP) is 1.95. The SMILES string of the molecule is COc1ccc(OCc2cccnc2NN)cc1. The molecule has 5 nitrogen and oxygen atoms in total. The molecule has 0 aliphatic heterocycles. The van der Waals surface area contributed by atoms with E-state index in [0.29, 0.717) is 12.4 Å². The number of nitrogens with one attached hydrogen (secondary N) is 1. The number of benzene rings is 1. The highest BCUT2D eigenvalue weighted by Gasteiger charge is 2.02. The van der Waals surface area contributed by atoms with Crippen molar-refractivity contribution in [2.24, 2.45) is 5.84 Å². The lowest BCUT2D eigenvalue weighted by Gasteiger charge is -2.09. The number of nitrogen functional groups attached to an aromatic ring is 1. The fraction of sp³-hybridized carbons (Fsp3) is 0.154. The lowest BCUT2D eigenvalue weighted by Crippen LogP contribution is -2.12. The van der Waals surface area contributed by atoms with Gasteiger partial charge in [-0.15, -0.1) is 0 Å². The Hall–Kier alpha value is -2.27. The Bertz CT molecular complexity index is 500. The standard InChI is InChI=1S/C13H15N3O2/c1-17-11-4-6-12(7-5-11)18-9-10-3-2-8-15-13(10)16-14/h2-8H,9,14H2,1H3,(H,15,16). The zero-order chi connectivity index (χ0) is 12.8. The van der Waals surface area contributed by atoms with Crippen molar-refractivity contribution in [1.82, 2.24) is 4.98 Å². The van der Waals surface area contributed by atoms with Crippen molar-refractivity contribution in [3.05, 3.63) is 48.2 Å². The van der Waals surface area contributed by atoms with E-state index >= 15 is 0 Å². The van der Waals surface area contributed by atoms with Gasteiger partial charge < -0.3 is 14.9 Å². The van der Waals surface area contributed by atoms with Crippen LogP contribution in [0.1, 0.15) is 5.56 Å². The molecule has 0 unspecified atom stereocenters. The zero-order valence-electron chi connectivity index (χ0n) is 10.1. The van der Waals surface area contributed by atoms with E-state index in [9.17, 15) is 0 Å². The quantitative estimate of drug-likeness (QED) is 0.622. The van der Waals surface area contributed by atoms with Crippen LogP contribution in [0.4, 0.5) is 5.82 Å². The molecule has 0 amide bonds. The molecule has 0 aliphatic rings. The number of aromatic nitrogens is 1. The van der Waals surface area contributed by atoms with Crippen molar-refractivity contribution >= 4 is 5.82 Å². The van der Waals surface area contributed by atoms with E-state index in [4.69, 9.17) is 15.3 Å². The van der Waals surface area contributed by atoms with Gasteiger partial charge in [-0.1, -0.05) is 6.07 Å². The smallest absolute Gasteiger partial charge is 0.146 e. The number of pyridine rings is 1. The molecule has 1 aromatic heterocycles. The maximum Gasteiger partial charge on any atom is 0.146 e. The van der Waals surface area contributed by atoms with Crippen LogP contribution < -0.4 is 20.7 Å². The Morgan fingerprint density at radius 1 is 1.17 bits per heavy atom. The highest BCUT2D eigenvalue weighted by Crippen LogP contribution is 2.19. The summed E-state index contributed by atoms with van der Waals surface area (Å²) >= 11 is 0. The van der Waals surface area contributed by atoms with Crippen molar-refractivity contribution in [2.45, 2.75) is 6.61 Å². The van der Waals surface area contributed by atoms with Crippen LogP contribution in [-0.2, 0) is 6.61 Å². The minimum absolute atomic E-state index is 0.402. The molecule has 0 fully saturated rings. The minimum atomic E-state index is 0.402. The lowest BCUT2D eigenvalue weighted by molar-refractivity contribution is 0.305. The first-order valence-corrected chi connectivity index (χ1v) is 5.51. The Morgan fingerprint density at radius 3 is 2.56 bits per heavy atom. The molecule has 5 heteroatoms. The molecule has 0 bridgehead atoms. The van der Waals surface area contributed by atoms with Gasteiger partial charge in [-0.25, -0.2) is 10.8 Å². The summed E-state index contributed by atoms with van der Waals surface area (Å²) in [6.45, 7) is 0.402. The van der Waals surface area contributed by atoms with Crippen LogP contribution in [0.2, 0.25) is 0 Å². The van der Waals surface area contributed by atoms with E-state index in [1.165, 1.54) is 0 Å². The Labute approximate surface area is 106 Å². The van der Waals surface area contributed by atoms with Gasteiger partial charge >= 0.3 is 0 Å². The molecule has 1 aromatic carbocycles. The number of hydrogen-bond acceptors (Lipinski definition) is 5. The fourth-order valence-corrected chi connectivity index (χ4v) is 1.52. The summed E-state index contributed by atoms with van der Waals surface area (Å²) in [5.41, 5.74) is 3.44. The minimum Gasteiger partial charge on any atom is -0.497 e. The first-order chi connectivity index (χ1) is 8.83. The first-order valence-electron chi connectivity index (χ1n) is 5.51. The average molecular weight is 245 g/mol. The van der Waals surface area contributed by atoms with Gasteiger partial charge in [-0.2, -0.15) is 0 Å². The molecule has 2 aromatic rings. The first kappa shape index (κ1) is 12.2. The molecule has 94 valence electrons. The van der Waals surface area contributed by atoms with Crippen LogP contribution in [-0.4, -0.2) is 12.1 Å². The molecule has 0 spiro atoms. The molecular formula is C13H15N3O2. The van der Waals surface area contributed by atoms with Gasteiger partial charge in [0.15, 0.2) is 0 Å². The summed E-state index contributed by atoms with van der Waals surface area (Å²) in [6.07, 6.45) is 1.67. The van der Waals surface area contributed by atoms with Crippen molar-refractivity contribution in [3.63, 3.8) is 0 Å². The molecule has 0 aliphatic carbocycles. The summed E-state index contributed by atoms with van der Waals surface area (Å²) in [5, 5.41) is 0. The molecule has 0 radical (unpaired) electrons. The second-order valence-electron chi connectivity index (χ2n) is 3.62. The maximum atomic E-state index is 5.64. The van der Waals surface area contributed by atoms with Crippen LogP contribution in [0.15, 0.2) is 42.6 Å². The number of hydrogen-bond donors (Lipinski definition) is 2. The van der Waals surface area contributed by atoms with E-state index in [1.54, 1.807) is 13.3 Å². The number of ether oxygens (including phenoxy) is 2. The highest BCUT2D eigenvalue weighted by molar-refractivity contribution is 5.42. The molecule has 2 rings (SSSR count). The topological polar surface area (TPSA) is 69.4 Å². The van der Waals surface area contributed by atoms with Crippen molar-refractivity contribution < 1.29 is 9.47 Å². The van der Waals surface area contributed by atoms with E-state index in [1.807, 2.05) is 36.4 Å². The van der Waals surface area contributed by atoms with E-state index in [2.05, 4.69) is 10.4 Å². The van der Waals surface area contributed by atoms with Crippen molar-refractivity contribution in [3.8, 4) is 11.5 Å². The normalized spacial score (nSPS) is 9.89. The second-order valence-corrected chi connectivity index (χ2v) is 3.62. The molecule has 0 saturated carbocycles. The van der Waals surface area contributed by atoms with Crippen LogP contribution in [0.25, 0.3) is 0 Å². The van der Waals surface area contributed by atoms with Crippen molar-refractivity contribution in [1.29, 1.82) is 0 Å². The summed E-state index contributed by atoms with van der Waals surface area (Å²) in [7, 11) is 1.63. The van der Waals surface area contributed by atoms with Gasteiger partial charge in [-0.3, -0.25) is 0 Å². The number of rotatable bonds is 5. The molecule has 1 heterocycles.